The summed E-state index contributed by atoms with van der Waals surface area (Å²) in [5, 5.41) is 0. The molecule has 0 aromatic rings. The molecule has 1 heterocycles. The second kappa shape index (κ2) is 10.7. The van der Waals surface area contributed by atoms with E-state index in [1.54, 1.807) is 4.90 Å². The molecule has 0 N–H and O–H groups in total. The third-order valence-corrected chi connectivity index (χ3v) is 7.90. The SMILES string of the molecule is CC(=O)N(C)C(=O)C1CCCCC2CC(C1)C(=O)N(C1CCCCC(C)CCC1)C2=O. The minimum atomic E-state index is -0.321. The molecule has 1 aliphatic heterocycles. The van der Waals surface area contributed by atoms with E-state index in [-0.39, 0.29) is 47.4 Å². The minimum absolute atomic E-state index is 0.00500. The van der Waals surface area contributed by atoms with Crippen LogP contribution in [0.5, 0.6) is 0 Å². The highest BCUT2D eigenvalue weighted by atomic mass is 16.2. The fourth-order valence-electron chi connectivity index (χ4n) is 5.86. The van der Waals surface area contributed by atoms with Gasteiger partial charge in [-0.05, 0) is 44.4 Å². The van der Waals surface area contributed by atoms with Gasteiger partial charge in [0.2, 0.25) is 23.6 Å². The van der Waals surface area contributed by atoms with Gasteiger partial charge in [0.25, 0.3) is 0 Å². The summed E-state index contributed by atoms with van der Waals surface area (Å²) < 4.78 is 0. The summed E-state index contributed by atoms with van der Waals surface area (Å²) in [4.78, 5) is 54.4. The first-order valence-corrected chi connectivity index (χ1v) is 12.4. The van der Waals surface area contributed by atoms with Crippen LogP contribution in [0, 0.1) is 23.7 Å². The first-order valence-electron chi connectivity index (χ1n) is 12.4. The smallest absolute Gasteiger partial charge is 0.232 e. The van der Waals surface area contributed by atoms with Crippen LogP contribution in [-0.2, 0) is 19.2 Å². The van der Waals surface area contributed by atoms with Crippen molar-refractivity contribution in [1.29, 1.82) is 0 Å². The first-order chi connectivity index (χ1) is 14.8. The third kappa shape index (κ3) is 5.75. The lowest BCUT2D eigenvalue weighted by atomic mass is 9.80. The molecule has 6 nitrogen and oxygen atoms in total. The number of piperidine rings is 1. The molecule has 0 aromatic carbocycles. The summed E-state index contributed by atoms with van der Waals surface area (Å²) in [6, 6.07) is 0.00500. The van der Waals surface area contributed by atoms with Crippen LogP contribution in [0.4, 0.5) is 0 Å². The molecule has 5 unspecified atom stereocenters. The van der Waals surface area contributed by atoms with Gasteiger partial charge in [-0.15, -0.1) is 0 Å². The van der Waals surface area contributed by atoms with E-state index in [1.165, 1.54) is 25.3 Å². The first kappa shape index (κ1) is 23.9. The van der Waals surface area contributed by atoms with Crippen molar-refractivity contribution in [3.63, 3.8) is 0 Å². The number of hydrogen-bond acceptors (Lipinski definition) is 4. The molecule has 174 valence electrons. The lowest BCUT2D eigenvalue weighted by molar-refractivity contribution is -0.160. The van der Waals surface area contributed by atoms with Crippen molar-refractivity contribution < 1.29 is 19.2 Å². The van der Waals surface area contributed by atoms with Gasteiger partial charge in [-0.1, -0.05) is 51.9 Å². The number of imide groups is 2. The predicted molar refractivity (Wildman–Crippen MR) is 119 cm³/mol. The number of hydrogen-bond donors (Lipinski definition) is 0. The molecule has 2 bridgehead atoms. The Bertz CT molecular complexity index is 691. The second-order valence-electron chi connectivity index (χ2n) is 10.3. The lowest BCUT2D eigenvalue weighted by Gasteiger charge is -2.40. The monoisotopic (exact) mass is 432 g/mol. The van der Waals surface area contributed by atoms with Gasteiger partial charge < -0.3 is 0 Å². The quantitative estimate of drug-likeness (QED) is 0.609. The van der Waals surface area contributed by atoms with Crippen molar-refractivity contribution >= 4 is 23.6 Å². The Balaban J connectivity index is 1.80. The minimum Gasteiger partial charge on any atom is -0.286 e. The molecule has 0 aromatic heterocycles. The highest BCUT2D eigenvalue weighted by Gasteiger charge is 2.45. The Morgan fingerprint density at radius 3 is 2.13 bits per heavy atom. The number of amides is 4. The lowest BCUT2D eigenvalue weighted by Crippen LogP contribution is -2.54. The van der Waals surface area contributed by atoms with Crippen molar-refractivity contribution in [3.05, 3.63) is 0 Å². The standard InChI is InChI=1S/C25H40N2O4/c1-17-9-4-7-13-22(14-8-10-17)27-24(30)20-12-6-5-11-19(15-21(16-20)25(27)31)23(29)26(3)18(2)28/h17,19-22H,4-16H2,1-3H3. The maximum absolute atomic E-state index is 13.6. The molecule has 5 atom stereocenters. The van der Waals surface area contributed by atoms with Gasteiger partial charge in [-0.2, -0.15) is 0 Å². The van der Waals surface area contributed by atoms with Crippen LogP contribution in [0.15, 0.2) is 0 Å². The van der Waals surface area contributed by atoms with Gasteiger partial charge in [-0.25, -0.2) is 0 Å². The van der Waals surface area contributed by atoms with Crippen molar-refractivity contribution in [1.82, 2.24) is 9.80 Å². The molecule has 31 heavy (non-hydrogen) atoms. The third-order valence-electron chi connectivity index (χ3n) is 7.90. The highest BCUT2D eigenvalue weighted by Crippen LogP contribution is 2.38. The number of rotatable bonds is 2. The average Bonchev–Trinajstić information content (AvgIpc) is 2.90. The number of carbonyl (C=O) groups is 4. The zero-order chi connectivity index (χ0) is 22.5. The van der Waals surface area contributed by atoms with E-state index >= 15 is 0 Å². The van der Waals surface area contributed by atoms with Crippen molar-refractivity contribution in [2.75, 3.05) is 7.05 Å². The van der Waals surface area contributed by atoms with Gasteiger partial charge in [-0.3, -0.25) is 29.0 Å². The Morgan fingerprint density at radius 1 is 0.806 bits per heavy atom. The van der Waals surface area contributed by atoms with E-state index < -0.39 is 0 Å². The topological polar surface area (TPSA) is 74.8 Å². The number of nitrogens with zero attached hydrogens (tertiary/aromatic N) is 2. The summed E-state index contributed by atoms with van der Waals surface area (Å²) in [5.41, 5.74) is 0. The van der Waals surface area contributed by atoms with E-state index in [9.17, 15) is 19.2 Å². The van der Waals surface area contributed by atoms with Gasteiger partial charge in [0.05, 0.1) is 0 Å². The van der Waals surface area contributed by atoms with E-state index in [0.29, 0.717) is 25.2 Å². The summed E-state index contributed by atoms with van der Waals surface area (Å²) in [5.74, 6) is -0.486. The molecule has 3 fully saturated rings. The molecular weight excluding hydrogens is 392 g/mol. The van der Waals surface area contributed by atoms with Gasteiger partial charge in [0, 0.05) is 37.8 Å². The number of likely N-dealkylation sites (tertiary alicyclic amines) is 1. The van der Waals surface area contributed by atoms with Crippen LogP contribution in [0.1, 0.15) is 97.3 Å². The molecule has 2 saturated carbocycles. The summed E-state index contributed by atoms with van der Waals surface area (Å²) in [7, 11) is 1.52. The van der Waals surface area contributed by atoms with Crippen LogP contribution in [0.25, 0.3) is 0 Å². The van der Waals surface area contributed by atoms with Crippen molar-refractivity contribution in [2.45, 2.75) is 103 Å². The predicted octanol–water partition coefficient (Wildman–Crippen LogP) is 4.31. The van der Waals surface area contributed by atoms with E-state index in [1.807, 2.05) is 0 Å². The van der Waals surface area contributed by atoms with Crippen LogP contribution in [0.3, 0.4) is 0 Å². The molecule has 4 amide bonds. The van der Waals surface area contributed by atoms with E-state index in [2.05, 4.69) is 6.92 Å². The van der Waals surface area contributed by atoms with Crippen molar-refractivity contribution in [3.8, 4) is 0 Å². The summed E-state index contributed by atoms with van der Waals surface area (Å²) in [6.07, 6.45) is 11.7. The molecule has 6 heteroatoms. The zero-order valence-corrected chi connectivity index (χ0v) is 19.6. The zero-order valence-electron chi connectivity index (χ0n) is 19.6. The molecule has 1 saturated heterocycles. The molecular formula is C25H40N2O4. The maximum Gasteiger partial charge on any atom is 0.232 e. The van der Waals surface area contributed by atoms with Crippen molar-refractivity contribution in [2.24, 2.45) is 23.7 Å². The molecule has 0 spiro atoms. The fourth-order valence-corrected chi connectivity index (χ4v) is 5.86. The Labute approximate surface area is 187 Å². The maximum atomic E-state index is 13.6. The fraction of sp³-hybridized carbons (Fsp3) is 0.840. The summed E-state index contributed by atoms with van der Waals surface area (Å²) in [6.45, 7) is 3.70. The van der Waals surface area contributed by atoms with Gasteiger partial charge >= 0.3 is 0 Å². The van der Waals surface area contributed by atoms with Crippen LogP contribution >= 0.6 is 0 Å². The molecule has 0 radical (unpaired) electrons. The van der Waals surface area contributed by atoms with Crippen LogP contribution < -0.4 is 0 Å². The Kier molecular flexibility index (Phi) is 8.29. The molecule has 3 aliphatic rings. The van der Waals surface area contributed by atoms with E-state index in [4.69, 9.17) is 0 Å². The largest absolute Gasteiger partial charge is 0.286 e. The molecule has 2 aliphatic carbocycles. The Morgan fingerprint density at radius 2 is 1.39 bits per heavy atom. The van der Waals surface area contributed by atoms with Crippen LogP contribution in [-0.4, -0.2) is 46.5 Å². The molecule has 3 rings (SSSR count). The number of carbonyl (C=O) groups excluding carboxylic acids is 4. The summed E-state index contributed by atoms with van der Waals surface area (Å²) >= 11 is 0. The Hall–Kier alpha value is -1.72. The average molecular weight is 433 g/mol. The van der Waals surface area contributed by atoms with Crippen LogP contribution in [0.2, 0.25) is 0 Å². The van der Waals surface area contributed by atoms with E-state index in [0.717, 1.165) is 57.8 Å². The highest BCUT2D eigenvalue weighted by molar-refractivity contribution is 6.01. The second-order valence-corrected chi connectivity index (χ2v) is 10.3. The normalized spacial score (nSPS) is 33.3. The van der Waals surface area contributed by atoms with Gasteiger partial charge in [0.1, 0.15) is 0 Å². The number of fused-ring (bicyclic) bond motifs is 2. The van der Waals surface area contributed by atoms with Gasteiger partial charge in [0.15, 0.2) is 0 Å².